The number of hydrogen-bond donors (Lipinski definition) is 1. The Morgan fingerprint density at radius 2 is 1.93 bits per heavy atom. The molecule has 1 saturated heterocycles. The van der Waals surface area contributed by atoms with Crippen LogP contribution in [-0.4, -0.2) is 36.9 Å². The fourth-order valence-electron chi connectivity index (χ4n) is 2.99. The number of carbonyl (C=O) groups is 2. The Bertz CT molecular complexity index is 1010. The lowest BCUT2D eigenvalue weighted by Gasteiger charge is -2.37. The normalized spacial score (nSPS) is 14.1. The number of benzene rings is 2. The van der Waals surface area contributed by atoms with Gasteiger partial charge in [-0.25, -0.2) is 4.98 Å². The standard InChI is InChI=1S/C20H19N3O3S/c1-12(24)13-3-5-15(6-4-13)21-19(25)14-10-23(11-14)20-22-17-8-7-16(26-2)9-18(17)27-20/h3-9,14H,10-11H2,1-2H3,(H,21,25). The van der Waals surface area contributed by atoms with Gasteiger partial charge in [-0.05, 0) is 49.4 Å². The van der Waals surface area contributed by atoms with Crippen molar-refractivity contribution in [3.8, 4) is 5.75 Å². The summed E-state index contributed by atoms with van der Waals surface area (Å²) < 4.78 is 6.32. The quantitative estimate of drug-likeness (QED) is 0.684. The topological polar surface area (TPSA) is 71.5 Å². The first-order valence-electron chi connectivity index (χ1n) is 8.65. The lowest BCUT2D eigenvalue weighted by Crippen LogP contribution is -2.52. The molecule has 138 valence electrons. The molecule has 0 saturated carbocycles. The Labute approximate surface area is 160 Å². The molecule has 0 unspecified atom stereocenters. The molecule has 7 heteroatoms. The van der Waals surface area contributed by atoms with Crippen molar-refractivity contribution in [3.05, 3.63) is 48.0 Å². The van der Waals surface area contributed by atoms with E-state index in [0.29, 0.717) is 24.3 Å². The van der Waals surface area contributed by atoms with Crippen LogP contribution in [0.3, 0.4) is 0 Å². The highest BCUT2D eigenvalue weighted by Crippen LogP contribution is 2.34. The molecule has 0 atom stereocenters. The Morgan fingerprint density at radius 3 is 2.59 bits per heavy atom. The summed E-state index contributed by atoms with van der Waals surface area (Å²) in [5.41, 5.74) is 2.28. The van der Waals surface area contributed by atoms with E-state index in [0.717, 1.165) is 21.1 Å². The zero-order valence-electron chi connectivity index (χ0n) is 15.1. The molecule has 0 aliphatic carbocycles. The van der Waals surface area contributed by atoms with Gasteiger partial charge in [-0.1, -0.05) is 11.3 Å². The molecule has 2 heterocycles. The average molecular weight is 381 g/mol. The zero-order valence-corrected chi connectivity index (χ0v) is 15.9. The highest BCUT2D eigenvalue weighted by atomic mass is 32.1. The van der Waals surface area contributed by atoms with Gasteiger partial charge in [0.05, 0.1) is 23.2 Å². The zero-order chi connectivity index (χ0) is 19.0. The first kappa shape index (κ1) is 17.5. The van der Waals surface area contributed by atoms with Crippen LogP contribution in [0, 0.1) is 5.92 Å². The molecule has 1 fully saturated rings. The molecule has 0 spiro atoms. The Hall–Kier alpha value is -2.93. The van der Waals surface area contributed by atoms with E-state index < -0.39 is 0 Å². The van der Waals surface area contributed by atoms with Crippen LogP contribution < -0.4 is 15.0 Å². The van der Waals surface area contributed by atoms with E-state index in [2.05, 4.69) is 15.2 Å². The van der Waals surface area contributed by atoms with Crippen molar-refractivity contribution >= 4 is 44.1 Å². The molecule has 0 radical (unpaired) electrons. The first-order valence-corrected chi connectivity index (χ1v) is 9.46. The minimum Gasteiger partial charge on any atom is -0.497 e. The van der Waals surface area contributed by atoms with Crippen LogP contribution in [0.4, 0.5) is 10.8 Å². The van der Waals surface area contributed by atoms with Gasteiger partial charge in [0.25, 0.3) is 0 Å². The monoisotopic (exact) mass is 381 g/mol. The van der Waals surface area contributed by atoms with E-state index in [9.17, 15) is 9.59 Å². The molecule has 3 aromatic rings. The third kappa shape index (κ3) is 3.50. The van der Waals surface area contributed by atoms with Crippen LogP contribution in [0.25, 0.3) is 10.2 Å². The van der Waals surface area contributed by atoms with E-state index >= 15 is 0 Å². The summed E-state index contributed by atoms with van der Waals surface area (Å²) in [7, 11) is 1.65. The summed E-state index contributed by atoms with van der Waals surface area (Å²) in [5.74, 6) is 0.744. The molecule has 0 bridgehead atoms. The van der Waals surface area contributed by atoms with Gasteiger partial charge < -0.3 is 15.0 Å². The summed E-state index contributed by atoms with van der Waals surface area (Å²) in [4.78, 5) is 30.5. The number of amides is 1. The van der Waals surface area contributed by atoms with Gasteiger partial charge >= 0.3 is 0 Å². The molecule has 27 heavy (non-hydrogen) atoms. The number of Topliss-reactive ketones (excluding diaryl/α,β-unsaturated/α-hetero) is 1. The molecule has 2 aromatic carbocycles. The van der Waals surface area contributed by atoms with Crippen LogP contribution in [0.15, 0.2) is 42.5 Å². The summed E-state index contributed by atoms with van der Waals surface area (Å²) >= 11 is 1.60. The second-order valence-corrected chi connectivity index (χ2v) is 7.56. The van der Waals surface area contributed by atoms with Gasteiger partial charge in [-0.3, -0.25) is 9.59 Å². The molecular weight excluding hydrogens is 362 g/mol. The van der Waals surface area contributed by atoms with Crippen molar-refractivity contribution in [2.75, 3.05) is 30.4 Å². The number of fused-ring (bicyclic) bond motifs is 1. The number of nitrogens with one attached hydrogen (secondary N) is 1. The number of nitrogens with zero attached hydrogens (tertiary/aromatic N) is 2. The second kappa shape index (κ2) is 7.00. The van der Waals surface area contributed by atoms with Crippen LogP contribution in [0.5, 0.6) is 5.75 Å². The second-order valence-electron chi connectivity index (χ2n) is 6.55. The molecule has 4 rings (SSSR count). The van der Waals surface area contributed by atoms with Crippen molar-refractivity contribution in [1.82, 2.24) is 4.98 Å². The van der Waals surface area contributed by atoms with E-state index in [1.807, 2.05) is 18.2 Å². The minimum absolute atomic E-state index is 0.00962. The van der Waals surface area contributed by atoms with E-state index in [4.69, 9.17) is 4.74 Å². The van der Waals surface area contributed by atoms with E-state index in [-0.39, 0.29) is 17.6 Å². The molecule has 1 aromatic heterocycles. The summed E-state index contributed by atoms with van der Waals surface area (Å²) in [6, 6.07) is 12.8. The largest absolute Gasteiger partial charge is 0.497 e. The number of anilines is 2. The maximum Gasteiger partial charge on any atom is 0.231 e. The first-order chi connectivity index (χ1) is 13.0. The lowest BCUT2D eigenvalue weighted by molar-refractivity contribution is -0.120. The van der Waals surface area contributed by atoms with Gasteiger partial charge in [0.15, 0.2) is 10.9 Å². The van der Waals surface area contributed by atoms with Gasteiger partial charge in [0, 0.05) is 24.3 Å². The molecular formula is C20H19N3O3S. The number of thiazole rings is 1. The average Bonchev–Trinajstić information content (AvgIpc) is 3.03. The Balaban J connectivity index is 1.37. The number of rotatable bonds is 5. The fraction of sp³-hybridized carbons (Fsp3) is 0.250. The van der Waals surface area contributed by atoms with Crippen LogP contribution in [-0.2, 0) is 4.79 Å². The number of aromatic nitrogens is 1. The fourth-order valence-corrected chi connectivity index (χ4v) is 4.00. The van der Waals surface area contributed by atoms with Crippen molar-refractivity contribution in [2.45, 2.75) is 6.92 Å². The minimum atomic E-state index is -0.0703. The third-order valence-corrected chi connectivity index (χ3v) is 5.75. The highest BCUT2D eigenvalue weighted by Gasteiger charge is 2.34. The SMILES string of the molecule is COc1ccc2nc(N3CC(C(=O)Nc4ccc(C(C)=O)cc4)C3)sc2c1. The van der Waals surface area contributed by atoms with Crippen molar-refractivity contribution < 1.29 is 14.3 Å². The molecule has 1 N–H and O–H groups in total. The number of ether oxygens (including phenoxy) is 1. The smallest absolute Gasteiger partial charge is 0.231 e. The van der Waals surface area contributed by atoms with E-state index in [1.165, 1.54) is 6.92 Å². The van der Waals surface area contributed by atoms with Crippen molar-refractivity contribution in [1.29, 1.82) is 0 Å². The summed E-state index contributed by atoms with van der Waals surface area (Å²) in [5, 5.41) is 3.84. The summed E-state index contributed by atoms with van der Waals surface area (Å²) in [6.45, 7) is 2.82. The lowest BCUT2D eigenvalue weighted by atomic mass is 10.00. The molecule has 1 aliphatic heterocycles. The Morgan fingerprint density at radius 1 is 1.19 bits per heavy atom. The van der Waals surface area contributed by atoms with Gasteiger partial charge in [-0.15, -0.1) is 0 Å². The molecule has 6 nitrogen and oxygen atoms in total. The molecule has 1 amide bonds. The number of methoxy groups -OCH3 is 1. The van der Waals surface area contributed by atoms with Crippen molar-refractivity contribution in [3.63, 3.8) is 0 Å². The van der Waals surface area contributed by atoms with Crippen LogP contribution >= 0.6 is 11.3 Å². The number of hydrogen-bond acceptors (Lipinski definition) is 6. The van der Waals surface area contributed by atoms with Gasteiger partial charge in [0.2, 0.25) is 5.91 Å². The van der Waals surface area contributed by atoms with Gasteiger partial charge in [0.1, 0.15) is 5.75 Å². The van der Waals surface area contributed by atoms with Gasteiger partial charge in [-0.2, -0.15) is 0 Å². The highest BCUT2D eigenvalue weighted by molar-refractivity contribution is 7.22. The van der Waals surface area contributed by atoms with Crippen LogP contribution in [0.2, 0.25) is 0 Å². The molecule has 1 aliphatic rings. The Kier molecular flexibility index (Phi) is 4.53. The maximum absolute atomic E-state index is 12.4. The maximum atomic E-state index is 12.4. The number of ketones is 1. The van der Waals surface area contributed by atoms with Crippen LogP contribution in [0.1, 0.15) is 17.3 Å². The predicted octanol–water partition coefficient (Wildman–Crippen LogP) is 3.58. The van der Waals surface area contributed by atoms with Crippen molar-refractivity contribution in [2.24, 2.45) is 5.92 Å². The van der Waals surface area contributed by atoms with E-state index in [1.54, 1.807) is 42.7 Å². The number of carbonyl (C=O) groups excluding carboxylic acids is 2. The predicted molar refractivity (Wildman–Crippen MR) is 107 cm³/mol. The summed E-state index contributed by atoms with van der Waals surface area (Å²) in [6.07, 6.45) is 0. The third-order valence-electron chi connectivity index (χ3n) is 4.67.